The monoisotopic (exact) mass is 397 g/mol. The molecule has 0 aliphatic carbocycles. The van der Waals surface area contributed by atoms with E-state index in [1.54, 1.807) is 0 Å². The molecule has 97 valence electrons. The van der Waals surface area contributed by atoms with E-state index < -0.39 is 0 Å². The van der Waals surface area contributed by atoms with E-state index >= 15 is 0 Å². The Morgan fingerprint density at radius 1 is 0.842 bits per heavy atom. The summed E-state index contributed by atoms with van der Waals surface area (Å²) >= 11 is 13.5. The molecule has 0 unspecified atom stereocenters. The fourth-order valence-corrected chi connectivity index (χ4v) is 4.22. The molecule has 2 aromatic carbocycles. The van der Waals surface area contributed by atoms with Crippen molar-refractivity contribution in [1.29, 1.82) is 0 Å². The van der Waals surface area contributed by atoms with Crippen molar-refractivity contribution >= 4 is 45.7 Å². The molecule has 0 heterocycles. The predicted octanol–water partition coefficient (Wildman–Crippen LogP) is 5.21. The van der Waals surface area contributed by atoms with Gasteiger partial charge in [-0.3, -0.25) is 0 Å². The molecule has 3 radical (unpaired) electrons. The van der Waals surface area contributed by atoms with Crippen molar-refractivity contribution in [3.8, 4) is 0 Å². The molecule has 19 heavy (non-hydrogen) atoms. The molecule has 0 N–H and O–H groups in total. The summed E-state index contributed by atoms with van der Waals surface area (Å²) in [6.07, 6.45) is 2.28. The topological polar surface area (TPSA) is 0 Å². The van der Waals surface area contributed by atoms with Gasteiger partial charge in [0.25, 0.3) is 0 Å². The van der Waals surface area contributed by atoms with E-state index in [0.717, 1.165) is 22.9 Å². The second kappa shape index (κ2) is 6.51. The standard InChI is InChI=1S/C16H15Cl2.Sn/c1-2-3-16(12-4-8-14(17)9-5-12)13-6-10-15(18)11-7-13;/h4-11H,2-3H2,1H3;. The first-order valence-electron chi connectivity index (χ1n) is 6.33. The van der Waals surface area contributed by atoms with Crippen molar-refractivity contribution in [3.63, 3.8) is 0 Å². The van der Waals surface area contributed by atoms with Crippen LogP contribution in [0.15, 0.2) is 48.5 Å². The normalized spacial score (nSPS) is 11.6. The average molecular weight is 397 g/mol. The molecule has 0 saturated heterocycles. The van der Waals surface area contributed by atoms with E-state index in [-0.39, 0.29) is 3.43 Å². The van der Waals surface area contributed by atoms with Crippen LogP contribution in [0, 0.1) is 0 Å². The van der Waals surface area contributed by atoms with E-state index in [2.05, 4.69) is 31.2 Å². The summed E-state index contributed by atoms with van der Waals surface area (Å²) in [6, 6.07) is 16.5. The van der Waals surface area contributed by atoms with Crippen LogP contribution >= 0.6 is 23.2 Å². The molecule has 0 atom stereocenters. The zero-order valence-corrected chi connectivity index (χ0v) is 15.2. The molecule has 0 spiro atoms. The van der Waals surface area contributed by atoms with Crippen molar-refractivity contribution in [3.05, 3.63) is 69.7 Å². The predicted molar refractivity (Wildman–Crippen MR) is 84.3 cm³/mol. The van der Waals surface area contributed by atoms with Crippen molar-refractivity contribution < 1.29 is 0 Å². The molecule has 2 rings (SSSR count). The number of hydrogen-bond acceptors (Lipinski definition) is 0. The minimum atomic E-state index is 0.0939. The molecule has 0 amide bonds. The van der Waals surface area contributed by atoms with Gasteiger partial charge in [0.05, 0.1) is 0 Å². The third-order valence-corrected chi connectivity index (χ3v) is 6.16. The maximum absolute atomic E-state index is 6.00. The zero-order chi connectivity index (χ0) is 13.9. The molecule has 0 fully saturated rings. The SMILES string of the molecule is CCC[C]([Sn])(c1ccc(Cl)cc1)c1ccc(Cl)cc1. The van der Waals surface area contributed by atoms with Gasteiger partial charge in [-0.25, -0.2) is 0 Å². The third kappa shape index (κ3) is 3.48. The Morgan fingerprint density at radius 2 is 1.21 bits per heavy atom. The van der Waals surface area contributed by atoms with Crippen molar-refractivity contribution in [2.75, 3.05) is 0 Å². The van der Waals surface area contributed by atoms with Gasteiger partial charge < -0.3 is 0 Å². The third-order valence-electron chi connectivity index (χ3n) is 3.30. The summed E-state index contributed by atoms with van der Waals surface area (Å²) in [4.78, 5) is 0. The van der Waals surface area contributed by atoms with E-state index in [4.69, 9.17) is 23.2 Å². The van der Waals surface area contributed by atoms with Gasteiger partial charge in [0.1, 0.15) is 0 Å². The Morgan fingerprint density at radius 3 is 1.53 bits per heavy atom. The molecule has 0 saturated carbocycles. The first-order valence-corrected chi connectivity index (χ1v) is 8.51. The summed E-state index contributed by atoms with van der Waals surface area (Å²) in [5.74, 6) is 0. The first-order chi connectivity index (χ1) is 9.06. The van der Waals surface area contributed by atoms with Gasteiger partial charge in [0.15, 0.2) is 0 Å². The summed E-state index contributed by atoms with van der Waals surface area (Å²) in [6.45, 7) is 2.23. The molecule has 3 heteroatoms. The Kier molecular flexibility index (Phi) is 5.21. The fraction of sp³-hybridized carbons (Fsp3) is 0.250. The Bertz CT molecular complexity index is 486. The minimum absolute atomic E-state index is 0.0939. The van der Waals surface area contributed by atoms with Crippen LogP contribution in [0.25, 0.3) is 0 Å². The quantitative estimate of drug-likeness (QED) is 0.622. The van der Waals surface area contributed by atoms with Gasteiger partial charge in [-0.05, 0) is 0 Å². The summed E-state index contributed by atoms with van der Waals surface area (Å²) in [5.41, 5.74) is 2.67. The molecule has 2 aromatic rings. The van der Waals surface area contributed by atoms with Crippen LogP contribution in [0.5, 0.6) is 0 Å². The van der Waals surface area contributed by atoms with Crippen LogP contribution in [0.1, 0.15) is 30.9 Å². The molecular weight excluding hydrogens is 382 g/mol. The van der Waals surface area contributed by atoms with Crippen molar-refractivity contribution in [2.24, 2.45) is 0 Å². The molecular formula is C16H15Cl2Sn. The van der Waals surface area contributed by atoms with Gasteiger partial charge in [0, 0.05) is 0 Å². The summed E-state index contributed by atoms with van der Waals surface area (Å²) in [7, 11) is 0. The van der Waals surface area contributed by atoms with Crippen LogP contribution in [0.2, 0.25) is 10.0 Å². The van der Waals surface area contributed by atoms with Gasteiger partial charge in [-0.2, -0.15) is 0 Å². The van der Waals surface area contributed by atoms with Gasteiger partial charge >= 0.3 is 139 Å². The molecule has 0 aromatic heterocycles. The van der Waals surface area contributed by atoms with E-state index in [1.165, 1.54) is 33.7 Å². The zero-order valence-electron chi connectivity index (χ0n) is 10.8. The second-order valence-electron chi connectivity index (χ2n) is 4.67. The average Bonchev–Trinajstić information content (AvgIpc) is 2.40. The van der Waals surface area contributed by atoms with Gasteiger partial charge in [-0.15, -0.1) is 0 Å². The van der Waals surface area contributed by atoms with E-state index in [1.807, 2.05) is 24.3 Å². The van der Waals surface area contributed by atoms with Crippen molar-refractivity contribution in [1.82, 2.24) is 0 Å². The Hall–Kier alpha value is -0.181. The molecule has 0 aliphatic heterocycles. The van der Waals surface area contributed by atoms with Crippen LogP contribution in [-0.2, 0) is 3.43 Å². The van der Waals surface area contributed by atoms with Crippen LogP contribution < -0.4 is 0 Å². The maximum atomic E-state index is 6.00. The van der Waals surface area contributed by atoms with E-state index in [0.29, 0.717) is 0 Å². The van der Waals surface area contributed by atoms with Crippen LogP contribution in [-0.4, -0.2) is 22.5 Å². The molecule has 0 aliphatic rings. The Balaban J connectivity index is 2.47. The van der Waals surface area contributed by atoms with E-state index in [9.17, 15) is 0 Å². The Labute approximate surface area is 138 Å². The van der Waals surface area contributed by atoms with Crippen LogP contribution in [0.4, 0.5) is 0 Å². The molecule has 0 nitrogen and oxygen atoms in total. The number of benzene rings is 2. The fourth-order valence-electron chi connectivity index (χ4n) is 2.30. The van der Waals surface area contributed by atoms with Crippen LogP contribution in [0.3, 0.4) is 0 Å². The number of rotatable bonds is 4. The number of halogens is 2. The summed E-state index contributed by atoms with van der Waals surface area (Å²) in [5, 5.41) is 1.57. The molecule has 0 bridgehead atoms. The summed E-state index contributed by atoms with van der Waals surface area (Å²) < 4.78 is 0.0939. The first kappa shape index (κ1) is 15.2. The van der Waals surface area contributed by atoms with Crippen molar-refractivity contribution in [2.45, 2.75) is 23.2 Å². The van der Waals surface area contributed by atoms with Gasteiger partial charge in [0.2, 0.25) is 0 Å². The number of hydrogen-bond donors (Lipinski definition) is 0. The second-order valence-corrected chi connectivity index (χ2v) is 7.98. The van der Waals surface area contributed by atoms with Gasteiger partial charge in [-0.1, -0.05) is 0 Å².